The average Bonchev–Trinajstić information content (AvgIpc) is 2.66. The Morgan fingerprint density at radius 1 is 1.21 bits per heavy atom. The summed E-state index contributed by atoms with van der Waals surface area (Å²) < 4.78 is 0. The van der Waals surface area contributed by atoms with Crippen LogP contribution in [0.3, 0.4) is 0 Å². The van der Waals surface area contributed by atoms with Crippen LogP contribution in [0, 0.1) is 17.0 Å². The van der Waals surface area contributed by atoms with Crippen molar-refractivity contribution in [3.63, 3.8) is 0 Å². The maximum Gasteiger partial charge on any atom is 0.273 e. The third-order valence-electron chi connectivity index (χ3n) is 3.63. The van der Waals surface area contributed by atoms with Crippen LogP contribution in [-0.2, 0) is 0 Å². The van der Waals surface area contributed by atoms with Crippen molar-refractivity contribution in [3.8, 4) is 0 Å². The number of benzene rings is 1. The Hall–Kier alpha value is -1.91. The van der Waals surface area contributed by atoms with Crippen molar-refractivity contribution in [3.05, 3.63) is 39.4 Å². The fourth-order valence-corrected chi connectivity index (χ4v) is 2.50. The van der Waals surface area contributed by atoms with Gasteiger partial charge in [-0.15, -0.1) is 0 Å². The highest BCUT2D eigenvalue weighted by atomic mass is 16.6. The number of amides is 1. The summed E-state index contributed by atoms with van der Waals surface area (Å²) in [5.41, 5.74) is 0.929. The summed E-state index contributed by atoms with van der Waals surface area (Å²) in [5.74, 6) is -0.0805. The predicted molar refractivity (Wildman–Crippen MR) is 72.2 cm³/mol. The molecule has 0 unspecified atom stereocenters. The minimum atomic E-state index is -0.436. The number of hydrogen-bond donors (Lipinski definition) is 0. The van der Waals surface area contributed by atoms with E-state index >= 15 is 0 Å². The minimum absolute atomic E-state index is 0.0145. The van der Waals surface area contributed by atoms with Gasteiger partial charge >= 0.3 is 0 Å². The number of likely N-dealkylation sites (tertiary alicyclic amines) is 1. The summed E-state index contributed by atoms with van der Waals surface area (Å²) in [6, 6.07) is 4.69. The number of nitro benzene ring substituents is 1. The van der Waals surface area contributed by atoms with E-state index in [-0.39, 0.29) is 11.6 Å². The van der Waals surface area contributed by atoms with Gasteiger partial charge in [-0.2, -0.15) is 0 Å². The van der Waals surface area contributed by atoms with Crippen LogP contribution < -0.4 is 0 Å². The van der Waals surface area contributed by atoms with Crippen molar-refractivity contribution in [1.29, 1.82) is 0 Å². The molecule has 1 heterocycles. The van der Waals surface area contributed by atoms with Crippen molar-refractivity contribution in [2.45, 2.75) is 32.6 Å². The molecule has 0 saturated carbocycles. The molecular formula is C14H18N2O3. The molecule has 0 radical (unpaired) electrons. The van der Waals surface area contributed by atoms with Crippen molar-refractivity contribution >= 4 is 11.6 Å². The van der Waals surface area contributed by atoms with E-state index in [4.69, 9.17) is 0 Å². The molecule has 5 heteroatoms. The molecular weight excluding hydrogens is 244 g/mol. The lowest BCUT2D eigenvalue weighted by Crippen LogP contribution is -2.32. The van der Waals surface area contributed by atoms with Gasteiger partial charge < -0.3 is 4.90 Å². The molecule has 0 N–H and O–H groups in total. The Morgan fingerprint density at radius 2 is 1.84 bits per heavy atom. The molecule has 0 aliphatic carbocycles. The summed E-state index contributed by atoms with van der Waals surface area (Å²) >= 11 is 0. The van der Waals surface area contributed by atoms with Gasteiger partial charge in [0.2, 0.25) is 0 Å². The van der Waals surface area contributed by atoms with Gasteiger partial charge in [0.25, 0.3) is 11.6 Å². The lowest BCUT2D eigenvalue weighted by molar-refractivity contribution is -0.385. The molecule has 19 heavy (non-hydrogen) atoms. The van der Waals surface area contributed by atoms with Crippen LogP contribution in [0.2, 0.25) is 0 Å². The molecule has 102 valence electrons. The van der Waals surface area contributed by atoms with Gasteiger partial charge in [0.15, 0.2) is 0 Å². The molecule has 1 aromatic rings. The van der Waals surface area contributed by atoms with Crippen LogP contribution in [0.1, 0.15) is 41.6 Å². The summed E-state index contributed by atoms with van der Waals surface area (Å²) in [6.45, 7) is 3.14. The summed E-state index contributed by atoms with van der Waals surface area (Å²) in [4.78, 5) is 24.7. The summed E-state index contributed by atoms with van der Waals surface area (Å²) in [6.07, 6.45) is 4.33. The second-order valence-electron chi connectivity index (χ2n) is 4.91. The fraction of sp³-hybridized carbons (Fsp3) is 0.500. The smallest absolute Gasteiger partial charge is 0.273 e. The first-order valence-corrected chi connectivity index (χ1v) is 6.64. The van der Waals surface area contributed by atoms with E-state index in [0.29, 0.717) is 11.1 Å². The van der Waals surface area contributed by atoms with Crippen molar-refractivity contribution < 1.29 is 9.72 Å². The molecule has 1 fully saturated rings. The number of nitro groups is 1. The van der Waals surface area contributed by atoms with E-state index in [2.05, 4.69) is 0 Å². The van der Waals surface area contributed by atoms with E-state index in [1.54, 1.807) is 19.1 Å². The Balaban J connectivity index is 2.28. The molecule has 1 aliphatic heterocycles. The first-order valence-electron chi connectivity index (χ1n) is 6.64. The number of hydrogen-bond acceptors (Lipinski definition) is 3. The summed E-state index contributed by atoms with van der Waals surface area (Å²) in [5, 5.41) is 10.9. The Morgan fingerprint density at radius 3 is 2.42 bits per heavy atom. The fourth-order valence-electron chi connectivity index (χ4n) is 2.50. The van der Waals surface area contributed by atoms with Gasteiger partial charge in [0.05, 0.1) is 4.92 Å². The largest absolute Gasteiger partial charge is 0.339 e. The van der Waals surface area contributed by atoms with Crippen LogP contribution in [0.25, 0.3) is 0 Å². The summed E-state index contributed by atoms with van der Waals surface area (Å²) in [7, 11) is 0. The predicted octanol–water partition coefficient (Wildman–Crippen LogP) is 2.92. The molecule has 1 saturated heterocycles. The van der Waals surface area contributed by atoms with Crippen LogP contribution >= 0.6 is 0 Å². The highest BCUT2D eigenvalue weighted by molar-refractivity contribution is 5.96. The van der Waals surface area contributed by atoms with E-state index in [1.165, 1.54) is 6.07 Å². The van der Waals surface area contributed by atoms with Crippen LogP contribution in [0.5, 0.6) is 0 Å². The topological polar surface area (TPSA) is 63.5 Å². The first-order chi connectivity index (χ1) is 9.11. The van der Waals surface area contributed by atoms with Gasteiger partial charge in [-0.05, 0) is 25.8 Å². The maximum absolute atomic E-state index is 12.5. The van der Waals surface area contributed by atoms with Crippen molar-refractivity contribution in [2.24, 2.45) is 0 Å². The number of carbonyl (C=O) groups is 1. The van der Waals surface area contributed by atoms with Crippen molar-refractivity contribution in [1.82, 2.24) is 4.90 Å². The average molecular weight is 262 g/mol. The molecule has 0 aromatic heterocycles. The first kappa shape index (κ1) is 13.5. The van der Waals surface area contributed by atoms with E-state index in [9.17, 15) is 14.9 Å². The van der Waals surface area contributed by atoms with Gasteiger partial charge in [-0.1, -0.05) is 18.9 Å². The van der Waals surface area contributed by atoms with Crippen molar-refractivity contribution in [2.75, 3.05) is 13.1 Å². The Bertz CT molecular complexity index is 491. The zero-order valence-corrected chi connectivity index (χ0v) is 11.1. The lowest BCUT2D eigenvalue weighted by Gasteiger charge is -2.21. The third-order valence-corrected chi connectivity index (χ3v) is 3.63. The SMILES string of the molecule is Cc1c(C(=O)N2CCCCCC2)cccc1[N+](=O)[O-]. The molecule has 1 aliphatic rings. The number of carbonyl (C=O) groups excluding carboxylic acids is 1. The Kier molecular flexibility index (Phi) is 4.14. The second kappa shape index (κ2) is 5.82. The van der Waals surface area contributed by atoms with Gasteiger partial charge in [0, 0.05) is 30.3 Å². The molecule has 2 rings (SSSR count). The van der Waals surface area contributed by atoms with E-state index in [0.717, 1.165) is 38.8 Å². The van der Waals surface area contributed by atoms with Crippen LogP contribution in [0.15, 0.2) is 18.2 Å². The normalized spacial score (nSPS) is 15.9. The lowest BCUT2D eigenvalue weighted by atomic mass is 10.1. The molecule has 0 bridgehead atoms. The molecule has 5 nitrogen and oxygen atoms in total. The van der Waals surface area contributed by atoms with Gasteiger partial charge in [-0.25, -0.2) is 0 Å². The van der Waals surface area contributed by atoms with Gasteiger partial charge in [-0.3, -0.25) is 14.9 Å². The van der Waals surface area contributed by atoms with Crippen LogP contribution in [0.4, 0.5) is 5.69 Å². The zero-order valence-electron chi connectivity index (χ0n) is 11.1. The third kappa shape index (κ3) is 2.92. The molecule has 1 aromatic carbocycles. The molecule has 1 amide bonds. The quantitative estimate of drug-likeness (QED) is 0.608. The maximum atomic E-state index is 12.5. The van der Waals surface area contributed by atoms with Gasteiger partial charge in [0.1, 0.15) is 0 Å². The Labute approximate surface area is 112 Å². The number of rotatable bonds is 2. The van der Waals surface area contributed by atoms with Crippen LogP contribution in [-0.4, -0.2) is 28.8 Å². The zero-order chi connectivity index (χ0) is 13.8. The second-order valence-corrected chi connectivity index (χ2v) is 4.91. The monoisotopic (exact) mass is 262 g/mol. The number of nitrogens with zero attached hydrogens (tertiary/aromatic N) is 2. The standard InChI is InChI=1S/C14H18N2O3/c1-11-12(7-6-8-13(11)16(18)19)14(17)15-9-4-2-3-5-10-15/h6-8H,2-5,9-10H2,1H3. The highest BCUT2D eigenvalue weighted by Crippen LogP contribution is 2.23. The highest BCUT2D eigenvalue weighted by Gasteiger charge is 2.22. The minimum Gasteiger partial charge on any atom is -0.339 e. The molecule has 0 atom stereocenters. The van der Waals surface area contributed by atoms with E-state index in [1.807, 2.05) is 4.90 Å². The van der Waals surface area contributed by atoms with E-state index < -0.39 is 4.92 Å². The molecule has 0 spiro atoms.